The Morgan fingerprint density at radius 2 is 1.83 bits per heavy atom. The number of carbonyl (C=O) groups is 1. The molecule has 1 N–H and O–H groups in total. The van der Waals surface area contributed by atoms with Gasteiger partial charge in [0.1, 0.15) is 5.82 Å². The Hall–Kier alpha value is -2.96. The van der Waals surface area contributed by atoms with Crippen LogP contribution in [0.25, 0.3) is 16.9 Å². The number of morpholine rings is 1. The lowest BCUT2D eigenvalue weighted by Gasteiger charge is -2.25. The molecule has 0 bridgehead atoms. The van der Waals surface area contributed by atoms with Crippen molar-refractivity contribution in [1.82, 2.24) is 14.7 Å². The number of rotatable bonds is 5. The minimum absolute atomic E-state index is 0.0449. The summed E-state index contributed by atoms with van der Waals surface area (Å²) in [6.45, 7) is 7.40. The van der Waals surface area contributed by atoms with E-state index in [2.05, 4.69) is 42.3 Å². The average molecular weight is 390 g/mol. The van der Waals surface area contributed by atoms with Gasteiger partial charge in [-0.15, -0.1) is 0 Å². The van der Waals surface area contributed by atoms with E-state index < -0.39 is 0 Å². The Balaban J connectivity index is 1.65. The van der Waals surface area contributed by atoms with Crippen molar-refractivity contribution in [3.63, 3.8) is 0 Å². The van der Waals surface area contributed by atoms with Gasteiger partial charge in [-0.3, -0.25) is 9.69 Å². The summed E-state index contributed by atoms with van der Waals surface area (Å²) in [6, 6.07) is 18.1. The van der Waals surface area contributed by atoms with Crippen LogP contribution in [0, 0.1) is 13.8 Å². The van der Waals surface area contributed by atoms with Crippen molar-refractivity contribution in [3.8, 4) is 16.9 Å². The third-order valence-electron chi connectivity index (χ3n) is 5.12. The lowest BCUT2D eigenvalue weighted by atomic mass is 10.0. The molecule has 6 heteroatoms. The van der Waals surface area contributed by atoms with Crippen LogP contribution in [0.15, 0.2) is 54.6 Å². The first kappa shape index (κ1) is 19.4. The number of carbonyl (C=O) groups excluding carboxylic acids is 1. The third-order valence-corrected chi connectivity index (χ3v) is 5.12. The van der Waals surface area contributed by atoms with Gasteiger partial charge in [0.2, 0.25) is 5.91 Å². The topological polar surface area (TPSA) is 59.4 Å². The van der Waals surface area contributed by atoms with E-state index in [1.54, 1.807) is 4.68 Å². The van der Waals surface area contributed by atoms with Gasteiger partial charge in [-0.2, -0.15) is 5.10 Å². The van der Waals surface area contributed by atoms with E-state index in [1.807, 2.05) is 36.4 Å². The molecule has 0 radical (unpaired) electrons. The first-order chi connectivity index (χ1) is 14.1. The summed E-state index contributed by atoms with van der Waals surface area (Å²) in [5, 5.41) is 7.88. The van der Waals surface area contributed by atoms with Crippen molar-refractivity contribution < 1.29 is 9.53 Å². The molecule has 1 amide bonds. The fraction of sp³-hybridized carbons (Fsp3) is 0.304. The third kappa shape index (κ3) is 4.55. The number of ether oxygens (including phenoxy) is 1. The van der Waals surface area contributed by atoms with Gasteiger partial charge in [-0.05, 0) is 37.6 Å². The van der Waals surface area contributed by atoms with E-state index >= 15 is 0 Å². The van der Waals surface area contributed by atoms with Gasteiger partial charge in [0.05, 0.1) is 31.1 Å². The number of amides is 1. The first-order valence-corrected chi connectivity index (χ1v) is 9.93. The molecule has 29 heavy (non-hydrogen) atoms. The summed E-state index contributed by atoms with van der Waals surface area (Å²) >= 11 is 0. The molecular formula is C23H26N4O2. The van der Waals surface area contributed by atoms with Gasteiger partial charge in [0, 0.05) is 24.7 Å². The SMILES string of the molecule is Cc1ccc(C)c(-c2cc(NC(=O)CN3CCOCC3)n(-c3ccccc3)n2)c1. The molecule has 0 unspecified atom stereocenters. The monoisotopic (exact) mass is 390 g/mol. The van der Waals surface area contributed by atoms with Crippen molar-refractivity contribution in [2.45, 2.75) is 13.8 Å². The average Bonchev–Trinajstić information content (AvgIpc) is 3.14. The number of nitrogens with zero attached hydrogens (tertiary/aromatic N) is 3. The van der Waals surface area contributed by atoms with Crippen LogP contribution in [-0.2, 0) is 9.53 Å². The number of anilines is 1. The largest absolute Gasteiger partial charge is 0.379 e. The zero-order valence-electron chi connectivity index (χ0n) is 16.9. The maximum Gasteiger partial charge on any atom is 0.239 e. The van der Waals surface area contributed by atoms with Crippen LogP contribution >= 0.6 is 0 Å². The molecule has 3 aromatic rings. The van der Waals surface area contributed by atoms with Crippen LogP contribution in [0.1, 0.15) is 11.1 Å². The first-order valence-electron chi connectivity index (χ1n) is 9.93. The highest BCUT2D eigenvalue weighted by molar-refractivity contribution is 5.92. The molecule has 0 saturated carbocycles. The lowest BCUT2D eigenvalue weighted by Crippen LogP contribution is -2.41. The summed E-state index contributed by atoms with van der Waals surface area (Å²) in [5.41, 5.74) is 5.16. The molecule has 150 valence electrons. The van der Waals surface area contributed by atoms with Crippen LogP contribution in [0.3, 0.4) is 0 Å². The molecule has 6 nitrogen and oxygen atoms in total. The van der Waals surface area contributed by atoms with Crippen LogP contribution in [-0.4, -0.2) is 53.4 Å². The van der Waals surface area contributed by atoms with E-state index in [1.165, 1.54) is 5.56 Å². The number of aryl methyl sites for hydroxylation is 2. The minimum atomic E-state index is -0.0449. The molecule has 2 aromatic carbocycles. The smallest absolute Gasteiger partial charge is 0.239 e. The van der Waals surface area contributed by atoms with Crippen molar-refractivity contribution in [2.24, 2.45) is 0 Å². The molecular weight excluding hydrogens is 364 g/mol. The Morgan fingerprint density at radius 1 is 1.07 bits per heavy atom. The number of aromatic nitrogens is 2. The molecule has 1 aliphatic heterocycles. The van der Waals surface area contributed by atoms with E-state index in [9.17, 15) is 4.79 Å². The van der Waals surface area contributed by atoms with Crippen molar-refractivity contribution >= 4 is 11.7 Å². The Labute approximate surface area is 171 Å². The van der Waals surface area contributed by atoms with E-state index in [4.69, 9.17) is 9.84 Å². The quantitative estimate of drug-likeness (QED) is 0.725. The molecule has 1 saturated heterocycles. The molecule has 0 atom stereocenters. The van der Waals surface area contributed by atoms with Gasteiger partial charge in [0.25, 0.3) is 0 Å². The molecule has 1 aromatic heterocycles. The van der Waals surface area contributed by atoms with Gasteiger partial charge >= 0.3 is 0 Å². The summed E-state index contributed by atoms with van der Waals surface area (Å²) in [4.78, 5) is 14.8. The highest BCUT2D eigenvalue weighted by atomic mass is 16.5. The van der Waals surface area contributed by atoms with Crippen molar-refractivity contribution in [3.05, 3.63) is 65.7 Å². The van der Waals surface area contributed by atoms with Crippen LogP contribution in [0.4, 0.5) is 5.82 Å². The van der Waals surface area contributed by atoms with Crippen LogP contribution < -0.4 is 5.32 Å². The molecule has 1 aliphatic rings. The Morgan fingerprint density at radius 3 is 2.59 bits per heavy atom. The number of para-hydroxylation sites is 1. The molecule has 0 spiro atoms. The summed E-state index contributed by atoms with van der Waals surface area (Å²) in [7, 11) is 0. The fourth-order valence-corrected chi connectivity index (χ4v) is 3.52. The second-order valence-electron chi connectivity index (χ2n) is 7.42. The minimum Gasteiger partial charge on any atom is -0.379 e. The maximum atomic E-state index is 12.7. The highest BCUT2D eigenvalue weighted by Gasteiger charge is 2.18. The number of benzene rings is 2. The predicted molar refractivity (Wildman–Crippen MR) is 114 cm³/mol. The summed E-state index contributed by atoms with van der Waals surface area (Å²) in [6.07, 6.45) is 0. The zero-order chi connectivity index (χ0) is 20.2. The number of hydrogen-bond donors (Lipinski definition) is 1. The van der Waals surface area contributed by atoms with Gasteiger partial charge in [-0.1, -0.05) is 35.9 Å². The fourth-order valence-electron chi connectivity index (χ4n) is 3.52. The van der Waals surface area contributed by atoms with Gasteiger partial charge < -0.3 is 10.1 Å². The Kier molecular flexibility index (Phi) is 5.74. The number of hydrogen-bond acceptors (Lipinski definition) is 4. The molecule has 4 rings (SSSR count). The Bertz CT molecular complexity index is 991. The van der Waals surface area contributed by atoms with E-state index in [-0.39, 0.29) is 5.91 Å². The summed E-state index contributed by atoms with van der Waals surface area (Å²) < 4.78 is 7.16. The van der Waals surface area contributed by atoms with Crippen LogP contribution in [0.5, 0.6) is 0 Å². The van der Waals surface area contributed by atoms with Gasteiger partial charge in [0.15, 0.2) is 0 Å². The second-order valence-corrected chi connectivity index (χ2v) is 7.42. The van der Waals surface area contributed by atoms with E-state index in [0.29, 0.717) is 25.6 Å². The molecule has 0 aliphatic carbocycles. The van der Waals surface area contributed by atoms with Gasteiger partial charge in [-0.25, -0.2) is 4.68 Å². The lowest BCUT2D eigenvalue weighted by molar-refractivity contribution is -0.118. The van der Waals surface area contributed by atoms with Crippen LogP contribution in [0.2, 0.25) is 0 Å². The molecule has 2 heterocycles. The maximum absolute atomic E-state index is 12.7. The predicted octanol–water partition coefficient (Wildman–Crippen LogP) is 3.43. The van der Waals surface area contributed by atoms with Crippen molar-refractivity contribution in [1.29, 1.82) is 0 Å². The summed E-state index contributed by atoms with van der Waals surface area (Å²) in [5.74, 6) is 0.627. The molecule has 1 fully saturated rings. The highest BCUT2D eigenvalue weighted by Crippen LogP contribution is 2.28. The van der Waals surface area contributed by atoms with Crippen molar-refractivity contribution in [2.75, 3.05) is 38.2 Å². The second kappa shape index (κ2) is 8.59. The standard InChI is InChI=1S/C23H26N4O2/c1-17-8-9-18(2)20(14-17)21-15-22(27(25-21)19-6-4-3-5-7-19)24-23(28)16-26-10-12-29-13-11-26/h3-9,14-15H,10-13,16H2,1-2H3,(H,24,28). The van der Waals surface area contributed by atoms with E-state index in [0.717, 1.165) is 35.6 Å². The number of nitrogens with one attached hydrogen (secondary N) is 1. The normalized spacial score (nSPS) is 14.7. The zero-order valence-corrected chi connectivity index (χ0v) is 16.9.